The van der Waals surface area contributed by atoms with E-state index < -0.39 is 12.3 Å². The molecule has 16 heavy (non-hydrogen) atoms. The third-order valence-electron chi connectivity index (χ3n) is 2.64. The van der Waals surface area contributed by atoms with Crippen molar-refractivity contribution in [3.05, 3.63) is 45.5 Å². The van der Waals surface area contributed by atoms with Crippen molar-refractivity contribution in [2.24, 2.45) is 0 Å². The van der Waals surface area contributed by atoms with Gasteiger partial charge in [0.1, 0.15) is 0 Å². The number of rotatable bonds is 3. The normalized spacial score (nSPS) is 18.6. The molecule has 0 amide bonds. The molecule has 1 aromatic carbocycles. The quantitative estimate of drug-likeness (QED) is 0.581. The number of ether oxygens (including phenoxy) is 2. The topological polar surface area (TPSA) is 61.6 Å². The molecule has 0 saturated carbocycles. The minimum Gasteiger partial charge on any atom is -0.346 e. The highest BCUT2D eigenvalue weighted by molar-refractivity contribution is 5.30. The molecule has 5 nitrogen and oxygen atoms in total. The Balaban J connectivity index is 2.33. The average Bonchev–Trinajstić information content (AvgIpc) is 2.81. The molecular formula is C11H13NO4. The molecule has 0 N–H and O–H groups in total. The molecule has 0 aliphatic carbocycles. The lowest BCUT2D eigenvalue weighted by Gasteiger charge is -2.15. The van der Waals surface area contributed by atoms with E-state index in [4.69, 9.17) is 9.47 Å². The summed E-state index contributed by atoms with van der Waals surface area (Å²) in [6.45, 7) is 2.63. The Morgan fingerprint density at radius 1 is 1.38 bits per heavy atom. The lowest BCUT2D eigenvalue weighted by atomic mass is 10.0. The van der Waals surface area contributed by atoms with Gasteiger partial charge in [-0.15, -0.1) is 0 Å². The molecule has 1 saturated heterocycles. The van der Waals surface area contributed by atoms with Gasteiger partial charge in [0, 0.05) is 23.0 Å². The van der Waals surface area contributed by atoms with Crippen LogP contribution in [0.4, 0.5) is 0 Å². The molecule has 2 rings (SSSR count). The van der Waals surface area contributed by atoms with Gasteiger partial charge in [-0.2, -0.15) is 0 Å². The number of nitro groups is 1. The third kappa shape index (κ3) is 2.05. The molecule has 1 fully saturated rings. The summed E-state index contributed by atoms with van der Waals surface area (Å²) in [7, 11) is 0. The van der Waals surface area contributed by atoms with E-state index >= 15 is 0 Å². The zero-order valence-electron chi connectivity index (χ0n) is 8.96. The van der Waals surface area contributed by atoms with Crippen LogP contribution in [-0.4, -0.2) is 18.1 Å². The number of hydrogen-bond donors (Lipinski definition) is 0. The number of nitrogens with zero attached hydrogens (tertiary/aromatic N) is 1. The van der Waals surface area contributed by atoms with E-state index in [1.54, 1.807) is 19.1 Å². The van der Waals surface area contributed by atoms with E-state index in [2.05, 4.69) is 0 Å². The van der Waals surface area contributed by atoms with Gasteiger partial charge in [-0.1, -0.05) is 24.3 Å². The number of hydrogen-bond acceptors (Lipinski definition) is 4. The largest absolute Gasteiger partial charge is 0.346 e. The van der Waals surface area contributed by atoms with Crippen molar-refractivity contribution < 1.29 is 14.4 Å². The monoisotopic (exact) mass is 223 g/mol. The van der Waals surface area contributed by atoms with E-state index in [1.165, 1.54) is 0 Å². The third-order valence-corrected chi connectivity index (χ3v) is 2.64. The maximum absolute atomic E-state index is 10.8. The van der Waals surface area contributed by atoms with E-state index in [-0.39, 0.29) is 4.92 Å². The van der Waals surface area contributed by atoms with Crippen LogP contribution in [0.25, 0.3) is 0 Å². The standard InChI is InChI=1S/C11H13NO4/c1-8(12(13)14)9-4-2-3-5-10(9)11-15-6-7-16-11/h2-5,8,11H,6-7H2,1H3. The molecule has 5 heteroatoms. The molecule has 1 aliphatic rings. The summed E-state index contributed by atoms with van der Waals surface area (Å²) in [6, 6.07) is 6.42. The zero-order chi connectivity index (χ0) is 11.5. The minimum absolute atomic E-state index is 0.312. The molecule has 86 valence electrons. The van der Waals surface area contributed by atoms with Crippen LogP contribution in [0.3, 0.4) is 0 Å². The van der Waals surface area contributed by atoms with Crippen LogP contribution >= 0.6 is 0 Å². The Kier molecular flexibility index (Phi) is 3.17. The van der Waals surface area contributed by atoms with Gasteiger partial charge >= 0.3 is 0 Å². The summed E-state index contributed by atoms with van der Waals surface area (Å²) in [5.74, 6) is 0. The lowest BCUT2D eigenvalue weighted by Crippen LogP contribution is -2.11. The summed E-state index contributed by atoms with van der Waals surface area (Å²) >= 11 is 0. The number of benzene rings is 1. The highest BCUT2D eigenvalue weighted by Crippen LogP contribution is 2.30. The van der Waals surface area contributed by atoms with Gasteiger partial charge in [0.05, 0.1) is 13.2 Å². The summed E-state index contributed by atoms with van der Waals surface area (Å²) in [5, 5.41) is 10.8. The molecule has 1 aliphatic heterocycles. The molecule has 1 heterocycles. The maximum Gasteiger partial charge on any atom is 0.235 e. The smallest absolute Gasteiger partial charge is 0.235 e. The van der Waals surface area contributed by atoms with Gasteiger partial charge in [0.25, 0.3) is 0 Å². The Labute approximate surface area is 93.1 Å². The second-order valence-electron chi connectivity index (χ2n) is 3.66. The molecule has 0 radical (unpaired) electrons. The fourth-order valence-corrected chi connectivity index (χ4v) is 1.76. The van der Waals surface area contributed by atoms with E-state index in [1.807, 2.05) is 12.1 Å². The van der Waals surface area contributed by atoms with Crippen molar-refractivity contribution in [1.29, 1.82) is 0 Å². The van der Waals surface area contributed by atoms with Crippen LogP contribution in [0.2, 0.25) is 0 Å². The Hall–Kier alpha value is -1.46. The van der Waals surface area contributed by atoms with Gasteiger partial charge in [0.15, 0.2) is 6.29 Å². The molecule has 1 atom stereocenters. The van der Waals surface area contributed by atoms with E-state index in [9.17, 15) is 10.1 Å². The van der Waals surface area contributed by atoms with Crippen LogP contribution in [0.15, 0.2) is 24.3 Å². The van der Waals surface area contributed by atoms with Crippen LogP contribution in [0.1, 0.15) is 30.4 Å². The fourth-order valence-electron chi connectivity index (χ4n) is 1.76. The Morgan fingerprint density at radius 2 is 2.00 bits per heavy atom. The first-order chi connectivity index (χ1) is 7.70. The van der Waals surface area contributed by atoms with Crippen molar-refractivity contribution >= 4 is 0 Å². The summed E-state index contributed by atoms with van der Waals surface area (Å²) in [6.07, 6.45) is -0.460. The Morgan fingerprint density at radius 3 is 2.62 bits per heavy atom. The predicted molar refractivity (Wildman–Crippen MR) is 56.5 cm³/mol. The molecule has 1 unspecified atom stereocenters. The minimum atomic E-state index is -0.746. The zero-order valence-corrected chi connectivity index (χ0v) is 8.96. The van der Waals surface area contributed by atoms with Gasteiger partial charge in [-0.05, 0) is 0 Å². The molecule has 1 aromatic rings. The second kappa shape index (κ2) is 4.59. The maximum atomic E-state index is 10.8. The molecular weight excluding hydrogens is 210 g/mol. The lowest BCUT2D eigenvalue weighted by molar-refractivity contribution is -0.524. The molecule has 0 spiro atoms. The average molecular weight is 223 g/mol. The van der Waals surface area contributed by atoms with Crippen LogP contribution in [0.5, 0.6) is 0 Å². The first-order valence-electron chi connectivity index (χ1n) is 5.15. The predicted octanol–water partition coefficient (Wildman–Crippen LogP) is 2.07. The van der Waals surface area contributed by atoms with Crippen molar-refractivity contribution in [2.45, 2.75) is 19.3 Å². The second-order valence-corrected chi connectivity index (χ2v) is 3.66. The van der Waals surface area contributed by atoms with Gasteiger partial charge in [-0.3, -0.25) is 10.1 Å². The van der Waals surface area contributed by atoms with Gasteiger partial charge in [0.2, 0.25) is 6.04 Å². The summed E-state index contributed by atoms with van der Waals surface area (Å²) < 4.78 is 10.7. The van der Waals surface area contributed by atoms with Gasteiger partial charge in [-0.25, -0.2) is 0 Å². The fraction of sp³-hybridized carbons (Fsp3) is 0.455. The Bertz CT molecular complexity index is 387. The molecule has 0 bridgehead atoms. The summed E-state index contributed by atoms with van der Waals surface area (Å²) in [5.41, 5.74) is 1.41. The first-order valence-corrected chi connectivity index (χ1v) is 5.15. The van der Waals surface area contributed by atoms with Gasteiger partial charge < -0.3 is 9.47 Å². The first kappa shape index (κ1) is 11.0. The van der Waals surface area contributed by atoms with E-state index in [0.29, 0.717) is 18.8 Å². The van der Waals surface area contributed by atoms with Crippen LogP contribution in [-0.2, 0) is 9.47 Å². The van der Waals surface area contributed by atoms with E-state index in [0.717, 1.165) is 5.56 Å². The van der Waals surface area contributed by atoms with Crippen molar-refractivity contribution in [3.8, 4) is 0 Å². The summed E-state index contributed by atoms with van der Waals surface area (Å²) in [4.78, 5) is 10.5. The molecule has 0 aromatic heterocycles. The van der Waals surface area contributed by atoms with Crippen molar-refractivity contribution in [3.63, 3.8) is 0 Å². The van der Waals surface area contributed by atoms with Crippen LogP contribution < -0.4 is 0 Å². The SMILES string of the molecule is CC(c1ccccc1C1OCCO1)[N+](=O)[O-]. The van der Waals surface area contributed by atoms with Crippen molar-refractivity contribution in [1.82, 2.24) is 0 Å². The van der Waals surface area contributed by atoms with Crippen LogP contribution in [0, 0.1) is 10.1 Å². The van der Waals surface area contributed by atoms with Crippen molar-refractivity contribution in [2.75, 3.05) is 13.2 Å². The highest BCUT2D eigenvalue weighted by Gasteiger charge is 2.26. The highest BCUT2D eigenvalue weighted by atomic mass is 16.7.